The average molecular weight is 335 g/mol. The van der Waals surface area contributed by atoms with Crippen LogP contribution in [0.3, 0.4) is 0 Å². The van der Waals surface area contributed by atoms with Crippen molar-refractivity contribution in [1.29, 1.82) is 0 Å². The summed E-state index contributed by atoms with van der Waals surface area (Å²) < 4.78 is 0. The number of thioether (sulfide) groups is 1. The Hall–Kier alpha value is -1.00. The van der Waals surface area contributed by atoms with E-state index in [-0.39, 0.29) is 5.25 Å². The van der Waals surface area contributed by atoms with Crippen LogP contribution >= 0.6 is 11.8 Å². The van der Waals surface area contributed by atoms with Crippen LogP contribution in [0.5, 0.6) is 0 Å². The molecule has 1 aliphatic rings. The number of nitrogens with one attached hydrogen (secondary N) is 1. The van der Waals surface area contributed by atoms with Crippen molar-refractivity contribution < 1.29 is 4.79 Å². The number of likely N-dealkylation sites (tertiary alicyclic amines) is 1. The van der Waals surface area contributed by atoms with Gasteiger partial charge < -0.3 is 10.2 Å². The first-order valence-electron chi connectivity index (χ1n) is 8.70. The van der Waals surface area contributed by atoms with E-state index in [0.717, 1.165) is 31.8 Å². The van der Waals surface area contributed by atoms with Crippen LogP contribution in [0.1, 0.15) is 32.3 Å². The largest absolute Gasteiger partial charge is 0.341 e. The molecule has 0 aliphatic carbocycles. The summed E-state index contributed by atoms with van der Waals surface area (Å²) in [5, 5.41) is 3.31. The van der Waals surface area contributed by atoms with Gasteiger partial charge in [-0.05, 0) is 43.8 Å². The van der Waals surface area contributed by atoms with E-state index in [1.165, 1.54) is 12.0 Å². The first-order valence-corrected chi connectivity index (χ1v) is 9.75. The highest BCUT2D eigenvalue weighted by molar-refractivity contribution is 7.99. The fourth-order valence-corrected chi connectivity index (χ4v) is 4.45. The zero-order valence-electron chi connectivity index (χ0n) is 14.6. The van der Waals surface area contributed by atoms with E-state index in [2.05, 4.69) is 48.3 Å². The molecule has 23 heavy (non-hydrogen) atoms. The van der Waals surface area contributed by atoms with Gasteiger partial charge in [-0.2, -0.15) is 0 Å². The quantitative estimate of drug-likeness (QED) is 0.829. The van der Waals surface area contributed by atoms with E-state index >= 15 is 0 Å². The fourth-order valence-electron chi connectivity index (χ4n) is 3.21. The monoisotopic (exact) mass is 334 g/mol. The molecule has 1 aromatic rings. The van der Waals surface area contributed by atoms with E-state index in [9.17, 15) is 4.79 Å². The van der Waals surface area contributed by atoms with Crippen molar-refractivity contribution in [3.8, 4) is 0 Å². The van der Waals surface area contributed by atoms with Gasteiger partial charge >= 0.3 is 0 Å². The van der Waals surface area contributed by atoms with Crippen molar-refractivity contribution >= 4 is 17.7 Å². The molecule has 2 atom stereocenters. The maximum absolute atomic E-state index is 13.0. The molecule has 1 heterocycles. The van der Waals surface area contributed by atoms with Crippen molar-refractivity contribution in [2.75, 3.05) is 26.7 Å². The first-order chi connectivity index (χ1) is 11.1. The zero-order chi connectivity index (χ0) is 16.7. The number of carbonyl (C=O) groups is 1. The minimum absolute atomic E-state index is 0.0588. The zero-order valence-corrected chi connectivity index (χ0v) is 15.4. The second-order valence-corrected chi connectivity index (χ2v) is 7.94. The first kappa shape index (κ1) is 18.3. The standard InChI is InChI=1S/C19H30N2OS/c1-15(2)18(23-14-16-8-5-4-6-9-16)19(22)21-11-7-10-17(13-21)12-20-3/h4-6,8-9,15,17-18,20H,7,10-14H2,1-3H3. The molecule has 1 aliphatic heterocycles. The number of nitrogens with zero attached hydrogens (tertiary/aromatic N) is 1. The molecule has 4 heteroatoms. The SMILES string of the molecule is CNCC1CCCN(C(=O)C(SCc2ccccc2)C(C)C)C1. The van der Waals surface area contributed by atoms with Crippen LogP contribution in [0.15, 0.2) is 30.3 Å². The molecule has 0 aromatic heterocycles. The molecule has 128 valence electrons. The van der Waals surface area contributed by atoms with Gasteiger partial charge in [0.25, 0.3) is 0 Å². The minimum Gasteiger partial charge on any atom is -0.341 e. The number of hydrogen-bond donors (Lipinski definition) is 1. The summed E-state index contributed by atoms with van der Waals surface area (Å²) in [4.78, 5) is 15.1. The molecule has 1 amide bonds. The van der Waals surface area contributed by atoms with Gasteiger partial charge in [0.2, 0.25) is 5.91 Å². The average Bonchev–Trinajstić information content (AvgIpc) is 2.56. The van der Waals surface area contributed by atoms with Crippen LogP contribution in [0.2, 0.25) is 0 Å². The van der Waals surface area contributed by atoms with Gasteiger partial charge in [-0.3, -0.25) is 4.79 Å². The van der Waals surface area contributed by atoms with Gasteiger partial charge in [-0.15, -0.1) is 11.8 Å². The van der Waals surface area contributed by atoms with Crippen LogP contribution in [0, 0.1) is 11.8 Å². The second-order valence-electron chi connectivity index (χ2n) is 6.81. The smallest absolute Gasteiger partial charge is 0.235 e. The molecule has 1 fully saturated rings. The Morgan fingerprint density at radius 2 is 2.09 bits per heavy atom. The molecule has 1 saturated heterocycles. The molecule has 1 N–H and O–H groups in total. The van der Waals surface area contributed by atoms with E-state index in [0.29, 0.717) is 17.7 Å². The Morgan fingerprint density at radius 3 is 2.74 bits per heavy atom. The lowest BCUT2D eigenvalue weighted by atomic mass is 9.97. The molecule has 0 saturated carbocycles. The third-order valence-corrected chi connectivity index (χ3v) is 6.05. The van der Waals surface area contributed by atoms with E-state index in [1.54, 1.807) is 11.8 Å². The lowest BCUT2D eigenvalue weighted by Crippen LogP contribution is -2.47. The van der Waals surface area contributed by atoms with Crippen LogP contribution in [0.25, 0.3) is 0 Å². The topological polar surface area (TPSA) is 32.3 Å². The maximum Gasteiger partial charge on any atom is 0.235 e. The predicted molar refractivity (Wildman–Crippen MR) is 99.6 cm³/mol. The molecule has 3 nitrogen and oxygen atoms in total. The van der Waals surface area contributed by atoms with Gasteiger partial charge in [0, 0.05) is 18.8 Å². The lowest BCUT2D eigenvalue weighted by molar-refractivity contribution is -0.133. The third kappa shape index (κ3) is 5.54. The number of piperidine rings is 1. The third-order valence-electron chi connectivity index (χ3n) is 4.44. The Labute approximate surface area is 145 Å². The summed E-state index contributed by atoms with van der Waals surface area (Å²) in [6, 6.07) is 10.4. The number of amides is 1. The van der Waals surface area contributed by atoms with Crippen molar-refractivity contribution in [1.82, 2.24) is 10.2 Å². The van der Waals surface area contributed by atoms with Crippen molar-refractivity contribution in [3.63, 3.8) is 0 Å². The molecule has 1 aromatic carbocycles. The Kier molecular flexibility index (Phi) is 7.44. The number of rotatable bonds is 7. The summed E-state index contributed by atoms with van der Waals surface area (Å²) in [7, 11) is 1.99. The van der Waals surface area contributed by atoms with Gasteiger partial charge in [0.1, 0.15) is 0 Å². The number of hydrogen-bond acceptors (Lipinski definition) is 3. The van der Waals surface area contributed by atoms with Gasteiger partial charge in [-0.25, -0.2) is 0 Å². The predicted octanol–water partition coefficient (Wildman–Crippen LogP) is 3.40. The Bertz CT molecular complexity index is 476. The van der Waals surface area contributed by atoms with Crippen LogP contribution < -0.4 is 5.32 Å². The van der Waals surface area contributed by atoms with Crippen molar-refractivity contribution in [2.45, 2.75) is 37.7 Å². The highest BCUT2D eigenvalue weighted by Gasteiger charge is 2.30. The highest BCUT2D eigenvalue weighted by atomic mass is 32.2. The molecule has 0 radical (unpaired) electrons. The van der Waals surface area contributed by atoms with E-state index in [1.807, 2.05) is 13.1 Å². The molecular weight excluding hydrogens is 304 g/mol. The van der Waals surface area contributed by atoms with Gasteiger partial charge in [-0.1, -0.05) is 44.2 Å². The normalized spacial score (nSPS) is 19.8. The van der Waals surface area contributed by atoms with Gasteiger partial charge in [0.05, 0.1) is 5.25 Å². The molecular formula is C19H30N2OS. The Morgan fingerprint density at radius 1 is 1.35 bits per heavy atom. The number of benzene rings is 1. The van der Waals surface area contributed by atoms with E-state index < -0.39 is 0 Å². The lowest BCUT2D eigenvalue weighted by Gasteiger charge is -2.35. The fraction of sp³-hybridized carbons (Fsp3) is 0.632. The summed E-state index contributed by atoms with van der Waals surface area (Å²) in [5.74, 6) is 2.20. The second kappa shape index (κ2) is 9.33. The highest BCUT2D eigenvalue weighted by Crippen LogP contribution is 2.27. The molecule has 0 bridgehead atoms. The molecule has 0 spiro atoms. The van der Waals surface area contributed by atoms with Crippen LogP contribution in [-0.4, -0.2) is 42.7 Å². The Balaban J connectivity index is 1.95. The number of carbonyl (C=O) groups excluding carboxylic acids is 1. The van der Waals surface area contributed by atoms with E-state index in [4.69, 9.17) is 0 Å². The molecule has 2 rings (SSSR count). The van der Waals surface area contributed by atoms with Crippen LogP contribution in [-0.2, 0) is 10.5 Å². The summed E-state index contributed by atoms with van der Waals surface area (Å²) in [5.41, 5.74) is 1.29. The van der Waals surface area contributed by atoms with Crippen LogP contribution in [0.4, 0.5) is 0 Å². The van der Waals surface area contributed by atoms with Crippen molar-refractivity contribution in [3.05, 3.63) is 35.9 Å². The minimum atomic E-state index is 0.0588. The molecule has 2 unspecified atom stereocenters. The summed E-state index contributed by atoms with van der Waals surface area (Å²) >= 11 is 1.79. The van der Waals surface area contributed by atoms with Gasteiger partial charge in [0.15, 0.2) is 0 Å². The summed E-state index contributed by atoms with van der Waals surface area (Å²) in [6.07, 6.45) is 2.36. The summed E-state index contributed by atoms with van der Waals surface area (Å²) in [6.45, 7) is 7.17. The maximum atomic E-state index is 13.0. The van der Waals surface area contributed by atoms with Crippen molar-refractivity contribution in [2.24, 2.45) is 11.8 Å².